The van der Waals surface area contributed by atoms with E-state index in [4.69, 9.17) is 0 Å². The lowest BCUT2D eigenvalue weighted by molar-refractivity contribution is 0.0986. The average molecular weight is 328 g/mol. The molecule has 2 heterocycles. The third-order valence-electron chi connectivity index (χ3n) is 3.86. The Morgan fingerprint density at radius 1 is 1.35 bits per heavy atom. The lowest BCUT2D eigenvalue weighted by Crippen LogP contribution is -2.17. The molecule has 5 nitrogen and oxygen atoms in total. The van der Waals surface area contributed by atoms with E-state index in [1.54, 1.807) is 16.9 Å². The molecule has 1 aromatic carbocycles. The van der Waals surface area contributed by atoms with Crippen molar-refractivity contribution in [3.63, 3.8) is 0 Å². The van der Waals surface area contributed by atoms with Crippen LogP contribution in [0.5, 0.6) is 0 Å². The summed E-state index contributed by atoms with van der Waals surface area (Å²) in [5.74, 6) is -0.253. The highest BCUT2D eigenvalue weighted by atomic mass is 32.1. The van der Waals surface area contributed by atoms with Crippen LogP contribution >= 0.6 is 11.3 Å². The van der Waals surface area contributed by atoms with Crippen molar-refractivity contribution in [2.24, 2.45) is 12.0 Å². The van der Waals surface area contributed by atoms with Gasteiger partial charge in [-0.25, -0.2) is 0 Å². The lowest BCUT2D eigenvalue weighted by Gasteiger charge is -2.07. The lowest BCUT2D eigenvalue weighted by atomic mass is 10.1. The van der Waals surface area contributed by atoms with E-state index in [2.05, 4.69) is 35.2 Å². The second kappa shape index (κ2) is 6.12. The average Bonchev–Trinajstić information content (AvgIpc) is 3.13. The van der Waals surface area contributed by atoms with Crippen LogP contribution in [-0.4, -0.2) is 20.3 Å². The molecule has 0 aliphatic rings. The van der Waals surface area contributed by atoms with Gasteiger partial charge < -0.3 is 4.57 Å². The van der Waals surface area contributed by atoms with Gasteiger partial charge in [-0.2, -0.15) is 10.1 Å². The zero-order chi connectivity index (χ0) is 16.6. The topological polar surface area (TPSA) is 52.2 Å². The van der Waals surface area contributed by atoms with E-state index in [1.165, 1.54) is 16.9 Å². The van der Waals surface area contributed by atoms with Gasteiger partial charge in [-0.05, 0) is 38.0 Å². The molecule has 0 aliphatic heterocycles. The number of aromatic nitrogens is 3. The highest BCUT2D eigenvalue weighted by Crippen LogP contribution is 2.21. The number of hydrogen-bond donors (Lipinski definition) is 0. The molecule has 0 unspecified atom stereocenters. The molecule has 0 atom stereocenters. The fraction of sp³-hybridized carbons (Fsp3) is 0.353. The Bertz CT molecular complexity index is 930. The summed E-state index contributed by atoms with van der Waals surface area (Å²) in [6, 6.07) is 8.09. The first-order chi connectivity index (χ1) is 11.0. The maximum absolute atomic E-state index is 12.5. The molecule has 0 saturated heterocycles. The van der Waals surface area contributed by atoms with Crippen LogP contribution in [0.15, 0.2) is 35.5 Å². The van der Waals surface area contributed by atoms with E-state index in [1.807, 2.05) is 25.5 Å². The fourth-order valence-corrected chi connectivity index (χ4v) is 3.78. The van der Waals surface area contributed by atoms with E-state index in [0.29, 0.717) is 10.5 Å². The quantitative estimate of drug-likeness (QED) is 0.740. The van der Waals surface area contributed by atoms with E-state index < -0.39 is 0 Å². The van der Waals surface area contributed by atoms with E-state index in [9.17, 15) is 4.79 Å². The number of fused-ring (bicyclic) bond motifs is 1. The Labute approximate surface area is 138 Å². The monoisotopic (exact) mass is 328 g/mol. The predicted octanol–water partition coefficient (Wildman–Crippen LogP) is 3.32. The largest absolute Gasteiger partial charge is 0.319 e. The second-order valence-electron chi connectivity index (χ2n) is 5.73. The molecule has 0 bridgehead atoms. The summed E-state index contributed by atoms with van der Waals surface area (Å²) >= 11 is 1.54. The van der Waals surface area contributed by atoms with Gasteiger partial charge in [0, 0.05) is 19.3 Å². The molecule has 23 heavy (non-hydrogen) atoms. The zero-order valence-corrected chi connectivity index (χ0v) is 14.6. The van der Waals surface area contributed by atoms with Gasteiger partial charge in [-0.15, -0.1) is 0 Å². The van der Waals surface area contributed by atoms with Crippen LogP contribution in [0.2, 0.25) is 0 Å². The SMILES string of the molecule is CCc1cccc2sc(=NC(=O)c3ccnn3C(C)C)n(C)c12. The zero-order valence-electron chi connectivity index (χ0n) is 13.8. The molecule has 3 aromatic rings. The minimum atomic E-state index is -0.253. The van der Waals surface area contributed by atoms with Gasteiger partial charge >= 0.3 is 0 Å². The Hall–Kier alpha value is -2.21. The number of aryl methyl sites for hydroxylation is 2. The molecule has 0 radical (unpaired) electrons. The summed E-state index contributed by atoms with van der Waals surface area (Å²) in [6.45, 7) is 6.13. The van der Waals surface area contributed by atoms with E-state index in [-0.39, 0.29) is 11.9 Å². The fourth-order valence-electron chi connectivity index (χ4n) is 2.72. The maximum Gasteiger partial charge on any atom is 0.297 e. The molecule has 0 N–H and O–H groups in total. The van der Waals surface area contributed by atoms with Crippen LogP contribution in [0.25, 0.3) is 10.2 Å². The minimum absolute atomic E-state index is 0.127. The van der Waals surface area contributed by atoms with Crippen LogP contribution in [0.4, 0.5) is 0 Å². The molecule has 0 aliphatic carbocycles. The molecular weight excluding hydrogens is 308 g/mol. The number of benzene rings is 1. The molecular formula is C17H20N4OS. The summed E-state index contributed by atoms with van der Waals surface area (Å²) in [7, 11) is 1.96. The third-order valence-corrected chi connectivity index (χ3v) is 4.96. The normalized spacial score (nSPS) is 12.5. The number of carbonyl (C=O) groups excluding carboxylic acids is 1. The molecule has 1 amide bonds. The Balaban J connectivity index is 2.13. The van der Waals surface area contributed by atoms with Gasteiger partial charge in [0.05, 0.1) is 10.2 Å². The van der Waals surface area contributed by atoms with Crippen molar-refractivity contribution >= 4 is 27.5 Å². The molecule has 6 heteroatoms. The van der Waals surface area contributed by atoms with Gasteiger partial charge in [0.25, 0.3) is 5.91 Å². The molecule has 2 aromatic heterocycles. The predicted molar refractivity (Wildman–Crippen MR) is 92.7 cm³/mol. The van der Waals surface area contributed by atoms with Crippen LogP contribution in [0.1, 0.15) is 42.9 Å². The number of hydrogen-bond acceptors (Lipinski definition) is 3. The number of thiazole rings is 1. The number of rotatable bonds is 3. The summed E-state index contributed by atoms with van der Waals surface area (Å²) < 4.78 is 4.86. The highest BCUT2D eigenvalue weighted by Gasteiger charge is 2.14. The van der Waals surface area contributed by atoms with Crippen molar-refractivity contribution in [1.29, 1.82) is 0 Å². The first-order valence-corrected chi connectivity index (χ1v) is 8.54. The highest BCUT2D eigenvalue weighted by molar-refractivity contribution is 7.16. The standard InChI is InChI=1S/C17H20N4OS/c1-5-12-7-6-8-14-15(12)20(4)17(23-14)19-16(22)13-9-10-18-21(13)11(2)3/h6-11H,5H2,1-4H3. The van der Waals surface area contributed by atoms with Crippen molar-refractivity contribution in [2.45, 2.75) is 33.2 Å². The Morgan fingerprint density at radius 2 is 2.13 bits per heavy atom. The van der Waals surface area contributed by atoms with Gasteiger partial charge in [0.15, 0.2) is 4.80 Å². The summed E-state index contributed by atoms with van der Waals surface area (Å²) in [4.78, 5) is 17.6. The van der Waals surface area contributed by atoms with Crippen LogP contribution in [0, 0.1) is 0 Å². The van der Waals surface area contributed by atoms with Crippen LogP contribution in [0.3, 0.4) is 0 Å². The van der Waals surface area contributed by atoms with Crippen LogP contribution in [-0.2, 0) is 13.5 Å². The number of carbonyl (C=O) groups is 1. The maximum atomic E-state index is 12.5. The number of nitrogens with zero attached hydrogens (tertiary/aromatic N) is 4. The number of amides is 1. The summed E-state index contributed by atoms with van der Waals surface area (Å²) in [6.07, 6.45) is 2.60. The summed E-state index contributed by atoms with van der Waals surface area (Å²) in [5.41, 5.74) is 2.94. The second-order valence-corrected chi connectivity index (χ2v) is 6.74. The third kappa shape index (κ3) is 2.74. The minimum Gasteiger partial charge on any atom is -0.319 e. The van der Waals surface area contributed by atoms with E-state index >= 15 is 0 Å². The van der Waals surface area contributed by atoms with Gasteiger partial charge in [0.1, 0.15) is 5.69 Å². The van der Waals surface area contributed by atoms with Gasteiger partial charge in [-0.1, -0.05) is 30.4 Å². The Morgan fingerprint density at radius 3 is 2.83 bits per heavy atom. The van der Waals surface area contributed by atoms with E-state index in [0.717, 1.165) is 16.6 Å². The Kier molecular flexibility index (Phi) is 4.17. The van der Waals surface area contributed by atoms with Gasteiger partial charge in [-0.3, -0.25) is 9.48 Å². The molecule has 0 saturated carbocycles. The molecule has 120 valence electrons. The van der Waals surface area contributed by atoms with Gasteiger partial charge in [0.2, 0.25) is 0 Å². The van der Waals surface area contributed by atoms with Crippen molar-refractivity contribution in [3.8, 4) is 0 Å². The van der Waals surface area contributed by atoms with Crippen molar-refractivity contribution in [1.82, 2.24) is 14.3 Å². The molecule has 0 spiro atoms. The first-order valence-electron chi connectivity index (χ1n) is 7.73. The van der Waals surface area contributed by atoms with Crippen molar-refractivity contribution in [2.75, 3.05) is 0 Å². The molecule has 0 fully saturated rings. The van der Waals surface area contributed by atoms with Crippen LogP contribution < -0.4 is 4.80 Å². The van der Waals surface area contributed by atoms with Crippen molar-refractivity contribution < 1.29 is 4.79 Å². The first kappa shape index (κ1) is 15.7. The smallest absolute Gasteiger partial charge is 0.297 e. The summed E-state index contributed by atoms with van der Waals surface area (Å²) in [5, 5.41) is 4.20. The van der Waals surface area contributed by atoms with Crippen molar-refractivity contribution in [3.05, 3.63) is 46.5 Å². The molecule has 3 rings (SSSR count). The number of para-hydroxylation sites is 1.